The van der Waals surface area contributed by atoms with Gasteiger partial charge in [-0.3, -0.25) is 4.79 Å². The Morgan fingerprint density at radius 3 is 3.08 bits per heavy atom. The molecule has 0 atom stereocenters. The van der Waals surface area contributed by atoms with Crippen LogP contribution in [0.1, 0.15) is 38.4 Å². The lowest BCUT2D eigenvalue weighted by molar-refractivity contribution is -0.127. The second kappa shape index (κ2) is 9.05. The molecule has 2 aromatic rings. The smallest absolute Gasteiger partial charge is 0.237 e. The van der Waals surface area contributed by atoms with Crippen molar-refractivity contribution in [3.8, 4) is 0 Å². The van der Waals surface area contributed by atoms with Crippen LogP contribution in [0.3, 0.4) is 0 Å². The molecule has 0 spiro atoms. The van der Waals surface area contributed by atoms with E-state index in [9.17, 15) is 4.79 Å². The Morgan fingerprint density at radius 1 is 1.44 bits per heavy atom. The summed E-state index contributed by atoms with van der Waals surface area (Å²) in [6, 6.07) is 3.76. The van der Waals surface area contributed by atoms with Gasteiger partial charge in [0, 0.05) is 12.2 Å². The lowest BCUT2D eigenvalue weighted by Gasteiger charge is -2.26. The molecule has 3 rings (SSSR count). The normalized spacial score (nSPS) is 14.2. The molecule has 1 aliphatic rings. The Morgan fingerprint density at radius 2 is 2.36 bits per heavy atom. The fourth-order valence-corrected chi connectivity index (χ4v) is 4.36. The highest BCUT2D eigenvalue weighted by atomic mass is 32.2. The van der Waals surface area contributed by atoms with Gasteiger partial charge >= 0.3 is 0 Å². The first-order valence-corrected chi connectivity index (χ1v) is 10.3. The number of carbonyl (C=O) groups excluding carboxylic acids is 1. The molecule has 2 heterocycles. The van der Waals surface area contributed by atoms with E-state index in [1.165, 1.54) is 29.5 Å². The average Bonchev–Trinajstić information content (AvgIpc) is 3.30. The Labute approximate surface area is 155 Å². The van der Waals surface area contributed by atoms with Crippen molar-refractivity contribution in [2.75, 3.05) is 17.6 Å². The summed E-state index contributed by atoms with van der Waals surface area (Å²) in [5.74, 6) is 1.23. The number of amides is 1. The van der Waals surface area contributed by atoms with Crippen LogP contribution in [0.2, 0.25) is 0 Å². The van der Waals surface area contributed by atoms with Gasteiger partial charge in [0.2, 0.25) is 11.0 Å². The van der Waals surface area contributed by atoms with Gasteiger partial charge in [-0.15, -0.1) is 10.2 Å². The van der Waals surface area contributed by atoms with Crippen LogP contribution in [-0.2, 0) is 11.3 Å². The van der Waals surface area contributed by atoms with Crippen molar-refractivity contribution in [2.45, 2.75) is 43.5 Å². The van der Waals surface area contributed by atoms with Crippen LogP contribution in [0, 0.1) is 0 Å². The molecule has 0 unspecified atom stereocenters. The number of nitrogens with one attached hydrogen (secondary N) is 1. The molecule has 0 aromatic carbocycles. The van der Waals surface area contributed by atoms with Crippen molar-refractivity contribution < 1.29 is 9.21 Å². The van der Waals surface area contributed by atoms with Crippen LogP contribution < -0.4 is 5.32 Å². The number of hydrogen-bond acceptors (Lipinski definition) is 7. The van der Waals surface area contributed by atoms with Gasteiger partial charge < -0.3 is 14.6 Å². The molecule has 0 saturated carbocycles. The molecule has 0 saturated heterocycles. The first-order chi connectivity index (χ1) is 12.3. The molecular formula is C17H22N4O2S2. The Balaban J connectivity index is 1.64. The van der Waals surface area contributed by atoms with Crippen molar-refractivity contribution in [2.24, 2.45) is 0 Å². The number of rotatable bonds is 8. The molecule has 0 fully saturated rings. The van der Waals surface area contributed by atoms with E-state index in [1.54, 1.807) is 6.26 Å². The third kappa shape index (κ3) is 5.09. The summed E-state index contributed by atoms with van der Waals surface area (Å²) in [5.41, 5.74) is 1.11. The molecule has 0 bridgehead atoms. The fourth-order valence-electron chi connectivity index (χ4n) is 2.67. The standard InChI is InChI=1S/C17H22N4O2S2/c1-2-18-16-19-20-17(25-16)24-12-15(22)21(11-14-9-6-10-23-14)13-7-4-3-5-8-13/h6-7,9-10H,2-5,8,11-12H2,1H3,(H,18,19). The third-order valence-electron chi connectivity index (χ3n) is 3.86. The predicted molar refractivity (Wildman–Crippen MR) is 101 cm³/mol. The maximum Gasteiger partial charge on any atom is 0.237 e. The second-order valence-electron chi connectivity index (χ2n) is 5.69. The lowest BCUT2D eigenvalue weighted by Crippen LogP contribution is -2.32. The molecule has 0 aliphatic heterocycles. The number of anilines is 1. The summed E-state index contributed by atoms with van der Waals surface area (Å²) >= 11 is 2.91. The van der Waals surface area contributed by atoms with E-state index in [1.807, 2.05) is 24.0 Å². The molecular weight excluding hydrogens is 356 g/mol. The topological polar surface area (TPSA) is 71.3 Å². The summed E-state index contributed by atoms with van der Waals surface area (Å²) in [6.07, 6.45) is 8.13. The molecule has 1 aliphatic carbocycles. The zero-order valence-electron chi connectivity index (χ0n) is 14.2. The summed E-state index contributed by atoms with van der Waals surface area (Å²) in [4.78, 5) is 14.7. The van der Waals surface area contributed by atoms with E-state index in [4.69, 9.17) is 4.42 Å². The van der Waals surface area contributed by atoms with Gasteiger partial charge in [-0.1, -0.05) is 29.2 Å². The quantitative estimate of drug-likeness (QED) is 0.696. The van der Waals surface area contributed by atoms with Gasteiger partial charge in [0.05, 0.1) is 18.6 Å². The first kappa shape index (κ1) is 18.0. The molecule has 1 N–H and O–H groups in total. The molecule has 2 aromatic heterocycles. The van der Waals surface area contributed by atoms with Gasteiger partial charge in [0.1, 0.15) is 5.76 Å². The van der Waals surface area contributed by atoms with Crippen molar-refractivity contribution in [3.63, 3.8) is 0 Å². The number of hydrogen-bond donors (Lipinski definition) is 1. The maximum absolute atomic E-state index is 12.8. The molecule has 6 nitrogen and oxygen atoms in total. The fraction of sp³-hybridized carbons (Fsp3) is 0.471. The number of carbonyl (C=O) groups is 1. The Bertz CT molecular complexity index is 712. The molecule has 25 heavy (non-hydrogen) atoms. The first-order valence-electron chi connectivity index (χ1n) is 8.48. The third-order valence-corrected chi connectivity index (χ3v) is 5.86. The zero-order chi connectivity index (χ0) is 17.5. The summed E-state index contributed by atoms with van der Waals surface area (Å²) in [7, 11) is 0. The van der Waals surface area contributed by atoms with Crippen molar-refractivity contribution in [3.05, 3.63) is 35.9 Å². The van der Waals surface area contributed by atoms with E-state index < -0.39 is 0 Å². The number of allylic oxidation sites excluding steroid dienone is 2. The van der Waals surface area contributed by atoms with Crippen LogP contribution in [0.4, 0.5) is 5.13 Å². The molecule has 1 amide bonds. The number of furan rings is 1. The van der Waals surface area contributed by atoms with Crippen LogP contribution >= 0.6 is 23.1 Å². The van der Waals surface area contributed by atoms with Gasteiger partial charge in [0.15, 0.2) is 4.34 Å². The predicted octanol–water partition coefficient (Wildman–Crippen LogP) is 4.14. The number of aromatic nitrogens is 2. The van der Waals surface area contributed by atoms with Crippen LogP contribution in [0.25, 0.3) is 0 Å². The Hall–Kier alpha value is -1.80. The van der Waals surface area contributed by atoms with Crippen molar-refractivity contribution in [1.82, 2.24) is 15.1 Å². The van der Waals surface area contributed by atoms with E-state index in [0.29, 0.717) is 12.3 Å². The lowest BCUT2D eigenvalue weighted by atomic mass is 10.0. The van der Waals surface area contributed by atoms with E-state index in [2.05, 4.69) is 21.6 Å². The largest absolute Gasteiger partial charge is 0.467 e. The highest BCUT2D eigenvalue weighted by Gasteiger charge is 2.21. The van der Waals surface area contributed by atoms with Gasteiger partial charge in [-0.2, -0.15) is 0 Å². The SMILES string of the molecule is CCNc1nnc(SCC(=O)N(Cc2ccco2)C2=CCCCC2)s1. The maximum atomic E-state index is 12.8. The van der Waals surface area contributed by atoms with Crippen LogP contribution in [0.15, 0.2) is 38.9 Å². The average molecular weight is 379 g/mol. The van der Waals surface area contributed by atoms with Gasteiger partial charge in [-0.05, 0) is 44.7 Å². The molecule has 8 heteroatoms. The van der Waals surface area contributed by atoms with E-state index in [-0.39, 0.29) is 5.91 Å². The highest BCUT2D eigenvalue weighted by molar-refractivity contribution is 8.01. The van der Waals surface area contributed by atoms with E-state index >= 15 is 0 Å². The Kier molecular flexibility index (Phi) is 6.52. The number of thioether (sulfide) groups is 1. The second-order valence-corrected chi connectivity index (χ2v) is 7.89. The minimum absolute atomic E-state index is 0.0785. The van der Waals surface area contributed by atoms with Crippen LogP contribution in [0.5, 0.6) is 0 Å². The monoisotopic (exact) mass is 378 g/mol. The highest BCUT2D eigenvalue weighted by Crippen LogP contribution is 2.28. The minimum atomic E-state index is 0.0785. The van der Waals surface area contributed by atoms with E-state index in [0.717, 1.165) is 46.7 Å². The van der Waals surface area contributed by atoms with Crippen molar-refractivity contribution >= 4 is 34.1 Å². The molecule has 134 valence electrons. The summed E-state index contributed by atoms with van der Waals surface area (Å²) in [5, 5.41) is 12.1. The van der Waals surface area contributed by atoms with Crippen LogP contribution in [-0.4, -0.2) is 33.3 Å². The minimum Gasteiger partial charge on any atom is -0.467 e. The summed E-state index contributed by atoms with van der Waals surface area (Å²) in [6.45, 7) is 3.31. The van der Waals surface area contributed by atoms with Gasteiger partial charge in [-0.25, -0.2) is 0 Å². The summed E-state index contributed by atoms with van der Waals surface area (Å²) < 4.78 is 6.25. The van der Waals surface area contributed by atoms with Crippen molar-refractivity contribution in [1.29, 1.82) is 0 Å². The molecule has 0 radical (unpaired) electrons. The van der Waals surface area contributed by atoms with Gasteiger partial charge in [0.25, 0.3) is 0 Å². The number of nitrogens with zero attached hydrogens (tertiary/aromatic N) is 3. The zero-order valence-corrected chi connectivity index (χ0v) is 15.9.